The third-order valence-electron chi connectivity index (χ3n) is 4.03. The Morgan fingerprint density at radius 3 is 2.59 bits per heavy atom. The molecule has 0 radical (unpaired) electrons. The number of thioether (sulfide) groups is 1. The zero-order chi connectivity index (χ0) is 19.6. The number of nitrogens with zero attached hydrogens (tertiary/aromatic N) is 1. The fourth-order valence-corrected chi connectivity index (χ4v) is 3.88. The molecule has 1 saturated heterocycles. The highest BCUT2D eigenvalue weighted by Gasteiger charge is 2.49. The number of carbonyl (C=O) groups excluding carboxylic acids is 3. The van der Waals surface area contributed by atoms with Crippen LogP contribution in [0.5, 0.6) is 0 Å². The first kappa shape index (κ1) is 19.5. The summed E-state index contributed by atoms with van der Waals surface area (Å²) in [4.78, 5) is 37.8. The second kappa shape index (κ2) is 7.80. The van der Waals surface area contributed by atoms with Crippen molar-refractivity contribution in [3.63, 3.8) is 0 Å². The Morgan fingerprint density at radius 1 is 1.19 bits per heavy atom. The van der Waals surface area contributed by atoms with E-state index in [0.29, 0.717) is 25.5 Å². The lowest BCUT2D eigenvalue weighted by molar-refractivity contribution is -0.138. The van der Waals surface area contributed by atoms with Crippen LogP contribution in [0, 0.1) is 0 Å². The topological polar surface area (TPSA) is 78.5 Å². The van der Waals surface area contributed by atoms with Crippen molar-refractivity contribution in [2.45, 2.75) is 17.4 Å². The van der Waals surface area contributed by atoms with Gasteiger partial charge in [-0.05, 0) is 30.7 Å². The summed E-state index contributed by atoms with van der Waals surface area (Å²) in [5, 5.41) is 4.28. The monoisotopic (exact) mass is 423 g/mol. The van der Waals surface area contributed by atoms with Gasteiger partial charge in [-0.3, -0.25) is 15.0 Å². The quantitative estimate of drug-likeness (QED) is 0.568. The molecule has 0 spiro atoms. The highest BCUT2D eigenvalue weighted by molar-refractivity contribution is 8.00. The third-order valence-corrected chi connectivity index (χ3v) is 5.76. The van der Waals surface area contributed by atoms with Gasteiger partial charge in [0.1, 0.15) is 5.54 Å². The Bertz CT molecular complexity index is 910. The van der Waals surface area contributed by atoms with Crippen LogP contribution < -0.4 is 10.7 Å². The first-order valence-corrected chi connectivity index (χ1v) is 9.65. The van der Waals surface area contributed by atoms with E-state index in [2.05, 4.69) is 10.7 Å². The minimum absolute atomic E-state index is 0.0425. The minimum Gasteiger partial charge on any atom is -0.318 e. The summed E-state index contributed by atoms with van der Waals surface area (Å²) in [6, 6.07) is 13.1. The van der Waals surface area contributed by atoms with Crippen LogP contribution in [0.1, 0.15) is 12.5 Å². The standard InChI is InChI=1S/C18H15Cl2N3O3S/c1-18(11-5-3-2-4-6-11)16(25)23(17(26)21-18)22-15(24)10-27-14-9-12(19)7-8-13(14)20/h2-9H,10H2,1H3,(H,21,26)(H,22,24)/t18-/m1/s1. The molecule has 0 aliphatic carbocycles. The average Bonchev–Trinajstić information content (AvgIpc) is 2.87. The molecule has 2 aromatic carbocycles. The number of nitrogens with one attached hydrogen (secondary N) is 2. The molecule has 2 aromatic rings. The minimum atomic E-state index is -1.24. The fourth-order valence-electron chi connectivity index (χ4n) is 2.60. The number of benzene rings is 2. The number of imide groups is 1. The van der Waals surface area contributed by atoms with Crippen molar-refractivity contribution < 1.29 is 14.4 Å². The van der Waals surface area contributed by atoms with Crippen LogP contribution in [0.15, 0.2) is 53.4 Å². The van der Waals surface area contributed by atoms with E-state index < -0.39 is 23.4 Å². The van der Waals surface area contributed by atoms with Crippen molar-refractivity contribution in [3.05, 3.63) is 64.1 Å². The maximum absolute atomic E-state index is 12.7. The molecule has 1 aliphatic rings. The van der Waals surface area contributed by atoms with Crippen molar-refractivity contribution >= 4 is 52.8 Å². The van der Waals surface area contributed by atoms with Crippen LogP contribution in [0.2, 0.25) is 10.0 Å². The molecule has 1 heterocycles. The summed E-state index contributed by atoms with van der Waals surface area (Å²) >= 11 is 13.1. The second-order valence-electron chi connectivity index (χ2n) is 5.96. The summed E-state index contributed by atoms with van der Waals surface area (Å²) in [7, 11) is 0. The Morgan fingerprint density at radius 2 is 1.89 bits per heavy atom. The Kier molecular flexibility index (Phi) is 5.64. The molecule has 140 valence electrons. The highest BCUT2D eigenvalue weighted by Crippen LogP contribution is 2.30. The summed E-state index contributed by atoms with van der Waals surface area (Å²) in [6.45, 7) is 1.59. The molecule has 1 aliphatic heterocycles. The maximum Gasteiger partial charge on any atom is 0.344 e. The average molecular weight is 424 g/mol. The normalized spacial score (nSPS) is 19.1. The SMILES string of the molecule is C[C@]1(c2ccccc2)NC(=O)N(NC(=O)CSc2cc(Cl)ccc2Cl)C1=O. The van der Waals surface area contributed by atoms with Gasteiger partial charge in [-0.25, -0.2) is 4.79 Å². The lowest BCUT2D eigenvalue weighted by Crippen LogP contribution is -2.48. The van der Waals surface area contributed by atoms with E-state index in [9.17, 15) is 14.4 Å². The van der Waals surface area contributed by atoms with Gasteiger partial charge in [-0.15, -0.1) is 11.8 Å². The van der Waals surface area contributed by atoms with Crippen molar-refractivity contribution in [3.8, 4) is 0 Å². The molecule has 0 saturated carbocycles. The van der Waals surface area contributed by atoms with Crippen LogP contribution in [0.3, 0.4) is 0 Å². The van der Waals surface area contributed by atoms with E-state index in [4.69, 9.17) is 23.2 Å². The predicted octanol–water partition coefficient (Wildman–Crippen LogP) is 3.58. The van der Waals surface area contributed by atoms with Crippen LogP contribution in [0.25, 0.3) is 0 Å². The van der Waals surface area contributed by atoms with E-state index in [1.807, 2.05) is 6.07 Å². The molecule has 9 heteroatoms. The van der Waals surface area contributed by atoms with E-state index in [1.54, 1.807) is 49.4 Å². The first-order chi connectivity index (χ1) is 12.8. The molecular weight excluding hydrogens is 409 g/mol. The number of hydrazine groups is 1. The highest BCUT2D eigenvalue weighted by atomic mass is 35.5. The van der Waals surface area contributed by atoms with Crippen LogP contribution in [-0.4, -0.2) is 28.6 Å². The lowest BCUT2D eigenvalue weighted by atomic mass is 9.92. The van der Waals surface area contributed by atoms with Gasteiger partial charge in [-0.1, -0.05) is 53.5 Å². The molecule has 4 amide bonds. The number of amides is 4. The van der Waals surface area contributed by atoms with E-state index in [-0.39, 0.29) is 5.75 Å². The van der Waals surface area contributed by atoms with Gasteiger partial charge in [0.2, 0.25) is 5.91 Å². The van der Waals surface area contributed by atoms with E-state index in [1.165, 1.54) is 0 Å². The number of halogens is 2. The summed E-state index contributed by atoms with van der Waals surface area (Å²) in [6.07, 6.45) is 0. The molecule has 3 rings (SSSR count). The van der Waals surface area contributed by atoms with E-state index >= 15 is 0 Å². The molecular formula is C18H15Cl2N3O3S. The molecule has 0 bridgehead atoms. The zero-order valence-electron chi connectivity index (χ0n) is 14.2. The number of hydrogen-bond donors (Lipinski definition) is 2. The van der Waals surface area contributed by atoms with Gasteiger partial charge in [0.05, 0.1) is 10.8 Å². The smallest absolute Gasteiger partial charge is 0.318 e. The van der Waals surface area contributed by atoms with Gasteiger partial charge in [0.15, 0.2) is 0 Å². The molecule has 27 heavy (non-hydrogen) atoms. The largest absolute Gasteiger partial charge is 0.344 e. The number of rotatable bonds is 5. The molecule has 2 N–H and O–H groups in total. The molecule has 1 atom stereocenters. The number of urea groups is 1. The number of carbonyl (C=O) groups is 3. The number of hydrogen-bond acceptors (Lipinski definition) is 4. The summed E-state index contributed by atoms with van der Waals surface area (Å²) in [5.41, 5.74) is 1.73. The molecule has 0 unspecified atom stereocenters. The van der Waals surface area contributed by atoms with Crippen molar-refractivity contribution in [1.82, 2.24) is 15.8 Å². The maximum atomic E-state index is 12.7. The molecule has 1 fully saturated rings. The van der Waals surface area contributed by atoms with Crippen LogP contribution in [-0.2, 0) is 15.1 Å². The fraction of sp³-hybridized carbons (Fsp3) is 0.167. The Hall–Kier alpha value is -2.22. The second-order valence-corrected chi connectivity index (χ2v) is 7.82. The van der Waals surface area contributed by atoms with Crippen molar-refractivity contribution in [2.75, 3.05) is 5.75 Å². The predicted molar refractivity (Wildman–Crippen MR) is 105 cm³/mol. The van der Waals surface area contributed by atoms with Crippen molar-refractivity contribution in [2.24, 2.45) is 0 Å². The van der Waals surface area contributed by atoms with E-state index in [0.717, 1.165) is 11.8 Å². The Labute approximate surface area is 170 Å². The third kappa shape index (κ3) is 4.05. The van der Waals surface area contributed by atoms with Gasteiger partial charge < -0.3 is 5.32 Å². The van der Waals surface area contributed by atoms with Gasteiger partial charge in [0, 0.05) is 9.92 Å². The zero-order valence-corrected chi connectivity index (χ0v) is 16.5. The summed E-state index contributed by atoms with van der Waals surface area (Å²) in [5.74, 6) is -1.12. The van der Waals surface area contributed by atoms with Gasteiger partial charge >= 0.3 is 6.03 Å². The molecule has 0 aromatic heterocycles. The van der Waals surface area contributed by atoms with Gasteiger partial charge in [-0.2, -0.15) is 5.01 Å². The lowest BCUT2D eigenvalue weighted by Gasteiger charge is -2.22. The first-order valence-electron chi connectivity index (χ1n) is 7.91. The van der Waals surface area contributed by atoms with Crippen molar-refractivity contribution in [1.29, 1.82) is 0 Å². The van der Waals surface area contributed by atoms with Crippen LogP contribution in [0.4, 0.5) is 4.79 Å². The van der Waals surface area contributed by atoms with Gasteiger partial charge in [0.25, 0.3) is 5.91 Å². The summed E-state index contributed by atoms with van der Waals surface area (Å²) < 4.78 is 0. The Balaban J connectivity index is 1.67. The van der Waals surface area contributed by atoms with Crippen LogP contribution >= 0.6 is 35.0 Å². The molecule has 6 nitrogen and oxygen atoms in total.